The maximum absolute atomic E-state index is 12.4. The molecular weight excluding hydrogens is 314 g/mol. The summed E-state index contributed by atoms with van der Waals surface area (Å²) >= 11 is 0. The molecule has 1 aromatic rings. The third kappa shape index (κ3) is 3.65. The monoisotopic (exact) mass is 341 g/mol. The molecule has 3 amide bonds. The highest BCUT2D eigenvalue weighted by Crippen LogP contribution is 2.61. The number of urea groups is 1. The van der Waals surface area contributed by atoms with Crippen molar-refractivity contribution >= 4 is 17.6 Å². The van der Waals surface area contributed by atoms with Crippen molar-refractivity contribution in [1.82, 2.24) is 10.9 Å². The first-order valence-corrected chi connectivity index (χ1v) is 9.42. The van der Waals surface area contributed by atoms with Gasteiger partial charge in [0.2, 0.25) is 5.91 Å². The fourth-order valence-electron chi connectivity index (χ4n) is 5.82. The van der Waals surface area contributed by atoms with Gasteiger partial charge in [-0.1, -0.05) is 17.7 Å². The lowest BCUT2D eigenvalue weighted by Crippen LogP contribution is -2.50. The fourth-order valence-corrected chi connectivity index (χ4v) is 5.82. The number of rotatable bonds is 3. The van der Waals surface area contributed by atoms with Gasteiger partial charge in [0.1, 0.15) is 0 Å². The van der Waals surface area contributed by atoms with Crippen molar-refractivity contribution in [3.8, 4) is 0 Å². The lowest BCUT2D eigenvalue weighted by atomic mass is 9.49. The van der Waals surface area contributed by atoms with E-state index < -0.39 is 6.03 Å². The van der Waals surface area contributed by atoms with Crippen molar-refractivity contribution in [2.75, 3.05) is 5.32 Å². The highest BCUT2D eigenvalue weighted by atomic mass is 16.2. The maximum Gasteiger partial charge on any atom is 0.337 e. The van der Waals surface area contributed by atoms with E-state index in [4.69, 9.17) is 0 Å². The maximum atomic E-state index is 12.4. The molecule has 0 unspecified atom stereocenters. The molecule has 1 aromatic carbocycles. The number of amides is 3. The lowest BCUT2D eigenvalue weighted by Gasteiger charge is -2.56. The molecule has 5 heteroatoms. The SMILES string of the molecule is Cc1ccc(NC(=O)NNC(=O)CC23CC4CC(CC(C4)C2)C3)cc1. The molecule has 5 rings (SSSR count). The average molecular weight is 341 g/mol. The molecule has 5 nitrogen and oxygen atoms in total. The Hall–Kier alpha value is -2.04. The van der Waals surface area contributed by atoms with Gasteiger partial charge in [-0.2, -0.15) is 0 Å². The molecule has 0 saturated heterocycles. The van der Waals surface area contributed by atoms with Crippen LogP contribution in [0.4, 0.5) is 10.5 Å². The third-order valence-electron chi connectivity index (χ3n) is 6.33. The Morgan fingerprint density at radius 1 is 0.960 bits per heavy atom. The lowest BCUT2D eigenvalue weighted by molar-refractivity contribution is -0.130. The quantitative estimate of drug-likeness (QED) is 0.733. The van der Waals surface area contributed by atoms with E-state index >= 15 is 0 Å². The van der Waals surface area contributed by atoms with E-state index in [9.17, 15) is 9.59 Å². The summed E-state index contributed by atoms with van der Waals surface area (Å²) in [5, 5.41) is 2.72. The predicted molar refractivity (Wildman–Crippen MR) is 96.7 cm³/mol. The second kappa shape index (κ2) is 6.36. The van der Waals surface area contributed by atoms with Gasteiger partial charge >= 0.3 is 6.03 Å². The Morgan fingerprint density at radius 3 is 2.08 bits per heavy atom. The number of anilines is 1. The number of nitrogens with one attached hydrogen (secondary N) is 3. The highest BCUT2D eigenvalue weighted by Gasteiger charge is 2.51. The Balaban J connectivity index is 1.26. The zero-order chi connectivity index (χ0) is 17.4. The number of hydrogen-bond acceptors (Lipinski definition) is 2. The van der Waals surface area contributed by atoms with Crippen LogP contribution in [-0.2, 0) is 4.79 Å². The topological polar surface area (TPSA) is 70.2 Å². The summed E-state index contributed by atoms with van der Waals surface area (Å²) in [4.78, 5) is 24.3. The van der Waals surface area contributed by atoms with E-state index in [2.05, 4.69) is 16.2 Å². The second-order valence-corrected chi connectivity index (χ2v) is 8.59. The number of carbonyl (C=O) groups is 2. The first-order chi connectivity index (χ1) is 12.0. The van der Waals surface area contributed by atoms with Gasteiger partial charge in [0.05, 0.1) is 0 Å². The van der Waals surface area contributed by atoms with Crippen LogP contribution in [0.1, 0.15) is 50.5 Å². The van der Waals surface area contributed by atoms with Crippen LogP contribution in [0.5, 0.6) is 0 Å². The van der Waals surface area contributed by atoms with Crippen molar-refractivity contribution in [2.45, 2.75) is 51.9 Å². The van der Waals surface area contributed by atoms with Gasteiger partial charge in [-0.25, -0.2) is 10.2 Å². The zero-order valence-electron chi connectivity index (χ0n) is 14.8. The Kier molecular flexibility index (Phi) is 4.18. The summed E-state index contributed by atoms with van der Waals surface area (Å²) in [5.41, 5.74) is 7.10. The van der Waals surface area contributed by atoms with Crippen molar-refractivity contribution < 1.29 is 9.59 Å². The molecule has 4 fully saturated rings. The minimum atomic E-state index is -0.414. The standard InChI is InChI=1S/C20H27N3O2/c1-13-2-4-17(5-3-13)21-19(25)23-22-18(24)12-20-9-14-6-15(10-20)8-16(7-14)11-20/h2-5,14-16H,6-12H2,1H3,(H,22,24)(H2,21,23,25). The molecule has 134 valence electrons. The van der Waals surface area contributed by atoms with Gasteiger partial charge in [-0.3, -0.25) is 10.2 Å². The van der Waals surface area contributed by atoms with Gasteiger partial charge in [-0.05, 0) is 80.8 Å². The van der Waals surface area contributed by atoms with Gasteiger partial charge in [0, 0.05) is 12.1 Å². The number of carbonyl (C=O) groups excluding carboxylic acids is 2. The van der Waals surface area contributed by atoms with Crippen LogP contribution in [0.2, 0.25) is 0 Å². The second-order valence-electron chi connectivity index (χ2n) is 8.59. The van der Waals surface area contributed by atoms with E-state index in [0.29, 0.717) is 12.1 Å². The van der Waals surface area contributed by atoms with Crippen molar-refractivity contribution in [3.05, 3.63) is 29.8 Å². The molecule has 25 heavy (non-hydrogen) atoms. The van der Waals surface area contributed by atoms with Gasteiger partial charge in [-0.15, -0.1) is 0 Å². The normalized spacial score (nSPS) is 32.3. The van der Waals surface area contributed by atoms with Crippen molar-refractivity contribution in [1.29, 1.82) is 0 Å². The van der Waals surface area contributed by atoms with E-state index in [0.717, 1.165) is 23.3 Å². The molecule has 0 heterocycles. The summed E-state index contributed by atoms with van der Waals surface area (Å²) in [5.74, 6) is 2.42. The van der Waals surface area contributed by atoms with Gasteiger partial charge in [0.25, 0.3) is 0 Å². The van der Waals surface area contributed by atoms with E-state index in [-0.39, 0.29) is 11.3 Å². The molecule has 0 spiro atoms. The summed E-state index contributed by atoms with van der Waals surface area (Å²) in [7, 11) is 0. The zero-order valence-corrected chi connectivity index (χ0v) is 14.8. The van der Waals surface area contributed by atoms with E-state index in [1.165, 1.54) is 38.5 Å². The molecule has 0 aromatic heterocycles. The Bertz CT molecular complexity index is 633. The Labute approximate surface area is 148 Å². The summed E-state index contributed by atoms with van der Waals surface area (Å²) in [6.07, 6.45) is 8.25. The number of hydrogen-bond donors (Lipinski definition) is 3. The average Bonchev–Trinajstić information content (AvgIpc) is 2.53. The van der Waals surface area contributed by atoms with Crippen LogP contribution in [0, 0.1) is 30.1 Å². The number of benzene rings is 1. The molecule has 0 radical (unpaired) electrons. The molecular formula is C20H27N3O2. The van der Waals surface area contributed by atoms with Crippen molar-refractivity contribution in [3.63, 3.8) is 0 Å². The minimum absolute atomic E-state index is 0.0685. The van der Waals surface area contributed by atoms with Crippen LogP contribution >= 0.6 is 0 Å². The molecule has 4 aliphatic rings. The molecule has 0 aliphatic heterocycles. The number of hydrazine groups is 1. The fraction of sp³-hybridized carbons (Fsp3) is 0.600. The first-order valence-electron chi connectivity index (χ1n) is 9.42. The van der Waals surface area contributed by atoms with Crippen LogP contribution in [-0.4, -0.2) is 11.9 Å². The van der Waals surface area contributed by atoms with Crippen LogP contribution in [0.15, 0.2) is 24.3 Å². The summed E-state index contributed by atoms with van der Waals surface area (Å²) < 4.78 is 0. The molecule has 4 saturated carbocycles. The minimum Gasteiger partial charge on any atom is -0.307 e. The van der Waals surface area contributed by atoms with Gasteiger partial charge in [0.15, 0.2) is 0 Å². The first kappa shape index (κ1) is 16.4. The molecule has 0 atom stereocenters. The molecule has 4 aliphatic carbocycles. The van der Waals surface area contributed by atoms with Gasteiger partial charge < -0.3 is 5.32 Å². The molecule has 4 bridgehead atoms. The van der Waals surface area contributed by atoms with Crippen LogP contribution in [0.25, 0.3) is 0 Å². The Morgan fingerprint density at radius 2 is 1.52 bits per heavy atom. The van der Waals surface area contributed by atoms with Crippen molar-refractivity contribution in [2.24, 2.45) is 23.2 Å². The van der Waals surface area contributed by atoms with E-state index in [1.807, 2.05) is 31.2 Å². The smallest absolute Gasteiger partial charge is 0.307 e. The third-order valence-corrected chi connectivity index (χ3v) is 6.33. The summed E-state index contributed by atoms with van der Waals surface area (Å²) in [6, 6.07) is 7.13. The molecule has 3 N–H and O–H groups in total. The van der Waals surface area contributed by atoms with Crippen LogP contribution < -0.4 is 16.2 Å². The highest BCUT2D eigenvalue weighted by molar-refractivity contribution is 5.90. The largest absolute Gasteiger partial charge is 0.337 e. The number of aryl methyl sites for hydroxylation is 1. The summed E-state index contributed by atoms with van der Waals surface area (Å²) in [6.45, 7) is 1.99. The van der Waals surface area contributed by atoms with E-state index in [1.54, 1.807) is 0 Å². The predicted octanol–water partition coefficient (Wildman–Crippen LogP) is 3.75. The van der Waals surface area contributed by atoms with Crippen LogP contribution in [0.3, 0.4) is 0 Å².